The summed E-state index contributed by atoms with van der Waals surface area (Å²) in [5.74, 6) is 1.81. The highest BCUT2D eigenvalue weighted by atomic mass is 32.2. The Morgan fingerprint density at radius 3 is 2.55 bits per heavy atom. The van der Waals surface area contributed by atoms with Gasteiger partial charge in [0.25, 0.3) is 10.0 Å². The van der Waals surface area contributed by atoms with Crippen molar-refractivity contribution in [3.63, 3.8) is 0 Å². The number of hydrogen-bond acceptors (Lipinski definition) is 6. The van der Waals surface area contributed by atoms with Gasteiger partial charge in [-0.2, -0.15) is 0 Å². The maximum Gasteiger partial charge on any atom is 0.271 e. The van der Waals surface area contributed by atoms with Crippen LogP contribution in [0.2, 0.25) is 0 Å². The Kier molecular flexibility index (Phi) is 6.11. The number of methoxy groups -OCH3 is 2. The molecule has 31 heavy (non-hydrogen) atoms. The molecule has 2 aromatic carbocycles. The SMILES string of the molecule is COc1ccc(-c2ccc(S(=O)(=O)Nc3cc4c(cc3OC)NCC(C)CC4)s2)cc1. The van der Waals surface area contributed by atoms with Gasteiger partial charge in [-0.1, -0.05) is 6.92 Å². The third-order valence-corrected chi connectivity index (χ3v) is 8.43. The fourth-order valence-corrected chi connectivity index (χ4v) is 5.98. The molecular weight excluding hydrogens is 432 g/mol. The van der Waals surface area contributed by atoms with Crippen LogP contribution in [0.4, 0.5) is 11.4 Å². The van der Waals surface area contributed by atoms with Crippen LogP contribution in [-0.2, 0) is 16.4 Å². The molecule has 6 nitrogen and oxygen atoms in total. The number of fused-ring (bicyclic) bond motifs is 1. The third kappa shape index (κ3) is 4.65. The smallest absolute Gasteiger partial charge is 0.271 e. The van der Waals surface area contributed by atoms with Crippen LogP contribution in [-0.4, -0.2) is 29.2 Å². The van der Waals surface area contributed by atoms with E-state index in [0.717, 1.165) is 46.8 Å². The second-order valence-corrected chi connectivity index (χ2v) is 10.7. The second-order valence-electron chi connectivity index (χ2n) is 7.69. The number of nitrogens with one attached hydrogen (secondary N) is 2. The van der Waals surface area contributed by atoms with Crippen LogP contribution >= 0.6 is 11.3 Å². The van der Waals surface area contributed by atoms with Gasteiger partial charge in [0.1, 0.15) is 15.7 Å². The van der Waals surface area contributed by atoms with Crippen LogP contribution in [0.1, 0.15) is 18.9 Å². The molecule has 0 saturated carbocycles. The van der Waals surface area contributed by atoms with Crippen molar-refractivity contribution < 1.29 is 17.9 Å². The van der Waals surface area contributed by atoms with E-state index in [1.807, 2.05) is 42.5 Å². The van der Waals surface area contributed by atoms with E-state index in [9.17, 15) is 8.42 Å². The van der Waals surface area contributed by atoms with Crippen molar-refractivity contribution in [2.45, 2.75) is 24.0 Å². The Bertz CT molecular complexity index is 1170. The average molecular weight is 459 g/mol. The number of sulfonamides is 1. The zero-order chi connectivity index (χ0) is 22.0. The molecule has 1 aromatic heterocycles. The molecule has 0 radical (unpaired) electrons. The molecule has 3 aromatic rings. The van der Waals surface area contributed by atoms with E-state index in [1.54, 1.807) is 20.3 Å². The number of anilines is 2. The molecule has 0 fully saturated rings. The molecule has 2 heterocycles. The van der Waals surface area contributed by atoms with Crippen LogP contribution < -0.4 is 19.5 Å². The van der Waals surface area contributed by atoms with Gasteiger partial charge in [0.2, 0.25) is 0 Å². The highest BCUT2D eigenvalue weighted by Crippen LogP contribution is 2.37. The summed E-state index contributed by atoms with van der Waals surface area (Å²) >= 11 is 1.23. The van der Waals surface area contributed by atoms with E-state index < -0.39 is 10.0 Å². The molecule has 0 aliphatic carbocycles. The van der Waals surface area contributed by atoms with Gasteiger partial charge < -0.3 is 14.8 Å². The lowest BCUT2D eigenvalue weighted by atomic mass is 10.0. The van der Waals surface area contributed by atoms with E-state index >= 15 is 0 Å². The largest absolute Gasteiger partial charge is 0.497 e. The number of rotatable bonds is 6. The van der Waals surface area contributed by atoms with Gasteiger partial charge in [0.05, 0.1) is 19.9 Å². The molecule has 0 amide bonds. The lowest BCUT2D eigenvalue weighted by Crippen LogP contribution is -2.13. The summed E-state index contributed by atoms with van der Waals surface area (Å²) in [4.78, 5) is 0.870. The molecule has 1 atom stereocenters. The summed E-state index contributed by atoms with van der Waals surface area (Å²) in [7, 11) is -0.587. The minimum Gasteiger partial charge on any atom is -0.497 e. The first kappa shape index (κ1) is 21.5. The normalized spacial score (nSPS) is 16.0. The summed E-state index contributed by atoms with van der Waals surface area (Å²) in [5, 5.41) is 3.44. The van der Waals surface area contributed by atoms with Crippen molar-refractivity contribution in [1.82, 2.24) is 0 Å². The predicted molar refractivity (Wildman–Crippen MR) is 126 cm³/mol. The zero-order valence-corrected chi connectivity index (χ0v) is 19.4. The van der Waals surface area contributed by atoms with E-state index in [-0.39, 0.29) is 4.21 Å². The van der Waals surface area contributed by atoms with Gasteiger partial charge in [-0.3, -0.25) is 4.72 Å². The summed E-state index contributed by atoms with van der Waals surface area (Å²) in [6.07, 6.45) is 1.94. The Balaban J connectivity index is 1.61. The van der Waals surface area contributed by atoms with Gasteiger partial charge in [-0.05, 0) is 72.4 Å². The molecular formula is C23H26N2O4S2. The number of aryl methyl sites for hydroxylation is 1. The fourth-order valence-electron chi connectivity index (χ4n) is 3.60. The zero-order valence-electron chi connectivity index (χ0n) is 17.8. The Labute approximate surface area is 187 Å². The van der Waals surface area contributed by atoms with Crippen molar-refractivity contribution in [1.29, 1.82) is 0 Å². The maximum atomic E-state index is 13.1. The van der Waals surface area contributed by atoms with E-state index in [1.165, 1.54) is 11.3 Å². The fraction of sp³-hybridized carbons (Fsp3) is 0.304. The van der Waals surface area contributed by atoms with Gasteiger partial charge in [0.15, 0.2) is 0 Å². The maximum absolute atomic E-state index is 13.1. The lowest BCUT2D eigenvalue weighted by Gasteiger charge is -2.16. The Morgan fingerprint density at radius 2 is 1.84 bits per heavy atom. The Hall–Kier alpha value is -2.71. The topological polar surface area (TPSA) is 76.7 Å². The monoisotopic (exact) mass is 458 g/mol. The second kappa shape index (κ2) is 8.80. The van der Waals surface area contributed by atoms with Crippen molar-refractivity contribution in [2.75, 3.05) is 30.8 Å². The molecule has 4 rings (SSSR count). The van der Waals surface area contributed by atoms with E-state index in [2.05, 4.69) is 17.0 Å². The molecule has 0 bridgehead atoms. The number of benzene rings is 2. The minimum absolute atomic E-state index is 0.252. The predicted octanol–water partition coefficient (Wildman–Crippen LogP) is 5.23. The van der Waals surface area contributed by atoms with E-state index in [4.69, 9.17) is 9.47 Å². The van der Waals surface area contributed by atoms with E-state index in [0.29, 0.717) is 17.4 Å². The summed E-state index contributed by atoms with van der Waals surface area (Å²) < 4.78 is 39.9. The molecule has 1 unspecified atom stereocenters. The molecule has 1 aliphatic heterocycles. The third-order valence-electron chi connectivity index (χ3n) is 5.44. The minimum atomic E-state index is -3.75. The summed E-state index contributed by atoms with van der Waals surface area (Å²) in [6.45, 7) is 3.10. The first-order valence-corrected chi connectivity index (χ1v) is 12.4. The summed E-state index contributed by atoms with van der Waals surface area (Å²) in [5.41, 5.74) is 3.49. The first-order valence-electron chi connectivity index (χ1n) is 10.1. The number of thiophene rings is 1. The highest BCUT2D eigenvalue weighted by molar-refractivity contribution is 7.94. The average Bonchev–Trinajstić information content (AvgIpc) is 3.21. The van der Waals surface area contributed by atoms with Gasteiger partial charge >= 0.3 is 0 Å². The van der Waals surface area contributed by atoms with Crippen molar-refractivity contribution in [3.05, 3.63) is 54.1 Å². The van der Waals surface area contributed by atoms with Crippen LogP contribution in [0.15, 0.2) is 52.7 Å². The van der Waals surface area contributed by atoms with Crippen molar-refractivity contribution in [2.24, 2.45) is 5.92 Å². The van der Waals surface area contributed by atoms with Crippen LogP contribution in [0.3, 0.4) is 0 Å². The molecule has 2 N–H and O–H groups in total. The number of hydrogen-bond donors (Lipinski definition) is 2. The van der Waals surface area contributed by atoms with Gasteiger partial charge in [-0.25, -0.2) is 8.42 Å². The van der Waals surface area contributed by atoms with Crippen LogP contribution in [0.25, 0.3) is 10.4 Å². The molecule has 0 spiro atoms. The molecule has 164 valence electrons. The lowest BCUT2D eigenvalue weighted by molar-refractivity contribution is 0.415. The molecule has 8 heteroatoms. The highest BCUT2D eigenvalue weighted by Gasteiger charge is 2.22. The van der Waals surface area contributed by atoms with Crippen LogP contribution in [0.5, 0.6) is 11.5 Å². The molecule has 0 saturated heterocycles. The van der Waals surface area contributed by atoms with Crippen molar-refractivity contribution in [3.8, 4) is 21.9 Å². The first-order chi connectivity index (χ1) is 14.9. The standard InChI is InChI=1S/C23H26N2O4S2/c1-15-4-5-17-12-20(21(29-3)13-19(17)24-14-15)25-31(26,27)23-11-10-22(30-23)16-6-8-18(28-2)9-7-16/h6-13,15,24-25H,4-5,14H2,1-3H3. The Morgan fingerprint density at radius 1 is 1.06 bits per heavy atom. The quantitative estimate of drug-likeness (QED) is 0.529. The van der Waals surface area contributed by atoms with Crippen molar-refractivity contribution >= 4 is 32.7 Å². The molecule has 1 aliphatic rings. The van der Waals surface area contributed by atoms with Crippen LogP contribution in [0, 0.1) is 5.92 Å². The summed E-state index contributed by atoms with van der Waals surface area (Å²) in [6, 6.07) is 14.8. The number of ether oxygens (including phenoxy) is 2. The van der Waals surface area contributed by atoms with Gasteiger partial charge in [0, 0.05) is 23.2 Å². The van der Waals surface area contributed by atoms with Gasteiger partial charge in [-0.15, -0.1) is 11.3 Å².